The highest BCUT2D eigenvalue weighted by Crippen LogP contribution is 2.52. The molecule has 1 fully saturated rings. The lowest BCUT2D eigenvalue weighted by Crippen LogP contribution is -2.50. The summed E-state index contributed by atoms with van der Waals surface area (Å²) in [5.41, 5.74) is 0.00767. The molecular weight excluding hydrogens is 518 g/mol. The van der Waals surface area contributed by atoms with E-state index < -0.39 is 40.3 Å². The highest BCUT2D eigenvalue weighted by molar-refractivity contribution is 6.32. The average molecular weight is 546 g/mol. The number of fused-ring (bicyclic) bond motifs is 1. The molecule has 0 aromatic heterocycles. The summed E-state index contributed by atoms with van der Waals surface area (Å²) in [6.07, 6.45) is -3.43. The van der Waals surface area contributed by atoms with Gasteiger partial charge in [0.05, 0.1) is 11.3 Å². The van der Waals surface area contributed by atoms with Crippen molar-refractivity contribution in [3.63, 3.8) is 0 Å². The average Bonchev–Trinajstić information content (AvgIpc) is 2.99. The smallest absolute Gasteiger partial charge is 0.372 e. The second-order valence-corrected chi connectivity index (χ2v) is 9.51. The van der Waals surface area contributed by atoms with Crippen LogP contribution in [0, 0.1) is 5.92 Å². The first kappa shape index (κ1) is 28.2. The van der Waals surface area contributed by atoms with Gasteiger partial charge in [0.15, 0.2) is 5.60 Å². The Morgan fingerprint density at radius 1 is 1.22 bits per heavy atom. The van der Waals surface area contributed by atoms with Gasteiger partial charge in [0, 0.05) is 34.3 Å². The number of nitrogens with zero attached hydrogens (tertiary/aromatic N) is 2. The molecule has 2 aromatic rings. The zero-order valence-electron chi connectivity index (χ0n) is 19.8. The molecule has 36 heavy (non-hydrogen) atoms. The number of benzene rings is 2. The van der Waals surface area contributed by atoms with E-state index in [1.165, 1.54) is 18.2 Å². The number of rotatable bonds is 7. The molecule has 1 unspecified atom stereocenters. The molecule has 2 aliphatic rings. The lowest BCUT2D eigenvalue weighted by Gasteiger charge is -2.43. The molecule has 1 saturated carbocycles. The maximum atomic E-state index is 14.2. The van der Waals surface area contributed by atoms with Gasteiger partial charge in [-0.05, 0) is 50.0 Å². The first-order valence-electron chi connectivity index (χ1n) is 11.5. The summed E-state index contributed by atoms with van der Waals surface area (Å²) in [6.45, 7) is 5.98. The van der Waals surface area contributed by atoms with Gasteiger partial charge >= 0.3 is 6.18 Å². The molecule has 196 valence electrons. The minimum atomic E-state index is -4.97. The standard InChI is InChI=1S/C25H27ClF3N3O3.ClH/c1-3-31(4-2)16-9-14(10-16)13-32-20-12-15(22(30)33)11-18(25(27,28)29)21(20)24(35,23(32)34)17-7-5-6-8-19(17)26;/h5-8,11-12,14,16,35H,3-4,9-10,13H2,1-2H3,(H2,30,33);1H. The maximum Gasteiger partial charge on any atom is 0.416 e. The molecule has 0 spiro atoms. The monoisotopic (exact) mass is 545 g/mol. The molecule has 1 heterocycles. The molecule has 4 rings (SSSR count). The Bertz CT molecular complexity index is 1170. The number of primary amides is 1. The molecule has 11 heteroatoms. The predicted molar refractivity (Wildman–Crippen MR) is 133 cm³/mol. The number of amides is 2. The van der Waals surface area contributed by atoms with Crippen LogP contribution in [0.1, 0.15) is 53.7 Å². The van der Waals surface area contributed by atoms with Crippen LogP contribution in [0.25, 0.3) is 0 Å². The summed E-state index contributed by atoms with van der Waals surface area (Å²) < 4.78 is 42.7. The van der Waals surface area contributed by atoms with Crippen molar-refractivity contribution in [1.82, 2.24) is 4.90 Å². The Kier molecular flexibility index (Phi) is 8.01. The number of nitrogens with two attached hydrogens (primary N) is 1. The SMILES string of the molecule is CCN(CC)C1CC(CN2C(=O)C(O)(c3ccccc3Cl)c3c2cc(C(N)=O)cc3C(F)(F)F)C1.Cl. The molecule has 0 bridgehead atoms. The van der Waals surface area contributed by atoms with Crippen LogP contribution in [0.4, 0.5) is 18.9 Å². The van der Waals surface area contributed by atoms with E-state index in [1.54, 1.807) is 6.07 Å². The van der Waals surface area contributed by atoms with Crippen molar-refractivity contribution in [3.8, 4) is 0 Å². The highest BCUT2D eigenvalue weighted by atomic mass is 35.5. The van der Waals surface area contributed by atoms with Gasteiger partial charge in [-0.15, -0.1) is 12.4 Å². The molecule has 0 saturated heterocycles. The van der Waals surface area contributed by atoms with Crippen molar-refractivity contribution in [2.45, 2.75) is 44.5 Å². The van der Waals surface area contributed by atoms with Crippen molar-refractivity contribution in [2.75, 3.05) is 24.5 Å². The number of hydrogen-bond donors (Lipinski definition) is 2. The first-order chi connectivity index (χ1) is 16.4. The third-order valence-electron chi connectivity index (χ3n) is 7.16. The Morgan fingerprint density at radius 3 is 2.36 bits per heavy atom. The zero-order valence-corrected chi connectivity index (χ0v) is 21.4. The van der Waals surface area contributed by atoms with Crippen LogP contribution in [0.2, 0.25) is 5.02 Å². The number of alkyl halides is 3. The fourth-order valence-electron chi connectivity index (χ4n) is 5.33. The van der Waals surface area contributed by atoms with Crippen molar-refractivity contribution in [3.05, 3.63) is 63.7 Å². The van der Waals surface area contributed by atoms with Crippen LogP contribution in [0.3, 0.4) is 0 Å². The summed E-state index contributed by atoms with van der Waals surface area (Å²) >= 11 is 6.26. The largest absolute Gasteiger partial charge is 0.416 e. The quantitative estimate of drug-likeness (QED) is 0.533. The van der Waals surface area contributed by atoms with E-state index in [4.69, 9.17) is 17.3 Å². The van der Waals surface area contributed by atoms with Crippen molar-refractivity contribution in [1.29, 1.82) is 0 Å². The predicted octanol–water partition coefficient (Wildman–Crippen LogP) is 4.58. The molecule has 1 atom stereocenters. The second kappa shape index (κ2) is 10.2. The normalized spacial score (nSPS) is 23.3. The van der Waals surface area contributed by atoms with Gasteiger partial charge in [-0.1, -0.05) is 43.6 Å². The summed E-state index contributed by atoms with van der Waals surface area (Å²) in [6, 6.07) is 7.83. The van der Waals surface area contributed by atoms with Crippen molar-refractivity contribution < 1.29 is 27.9 Å². The molecule has 3 N–H and O–H groups in total. The Balaban J connectivity index is 0.00000361. The lowest BCUT2D eigenvalue weighted by molar-refractivity contribution is -0.142. The van der Waals surface area contributed by atoms with E-state index in [0.29, 0.717) is 12.1 Å². The number of carbonyl (C=O) groups is 2. The van der Waals surface area contributed by atoms with E-state index >= 15 is 0 Å². The number of hydrogen-bond acceptors (Lipinski definition) is 4. The van der Waals surface area contributed by atoms with Crippen molar-refractivity contribution in [2.24, 2.45) is 11.7 Å². The molecule has 6 nitrogen and oxygen atoms in total. The van der Waals surface area contributed by atoms with E-state index in [1.807, 2.05) is 0 Å². The van der Waals surface area contributed by atoms with Crippen LogP contribution in [-0.4, -0.2) is 47.5 Å². The fraction of sp³-hybridized carbons (Fsp3) is 0.440. The molecule has 0 radical (unpaired) electrons. The van der Waals surface area contributed by atoms with Gasteiger partial charge in [-0.2, -0.15) is 13.2 Å². The summed E-state index contributed by atoms with van der Waals surface area (Å²) in [5, 5.41) is 11.7. The van der Waals surface area contributed by atoms with Crippen LogP contribution < -0.4 is 10.6 Å². The molecule has 2 aromatic carbocycles. The molecule has 1 aliphatic carbocycles. The van der Waals surface area contributed by atoms with E-state index in [2.05, 4.69) is 18.7 Å². The summed E-state index contributed by atoms with van der Waals surface area (Å²) in [4.78, 5) is 29.1. The lowest BCUT2D eigenvalue weighted by atomic mass is 9.78. The third-order valence-corrected chi connectivity index (χ3v) is 7.49. The Labute approximate surface area is 218 Å². The van der Waals surface area contributed by atoms with Gasteiger partial charge in [0.1, 0.15) is 0 Å². The van der Waals surface area contributed by atoms with E-state index in [9.17, 15) is 27.9 Å². The number of halogens is 5. The Hall–Kier alpha value is -2.33. The van der Waals surface area contributed by atoms with Gasteiger partial charge in [0.25, 0.3) is 5.91 Å². The highest BCUT2D eigenvalue weighted by Gasteiger charge is 2.57. The molecule has 1 aliphatic heterocycles. The number of carbonyl (C=O) groups excluding carboxylic acids is 2. The topological polar surface area (TPSA) is 86.9 Å². The third kappa shape index (κ3) is 4.58. The fourth-order valence-corrected chi connectivity index (χ4v) is 5.60. The van der Waals surface area contributed by atoms with Crippen LogP contribution in [0.5, 0.6) is 0 Å². The van der Waals surface area contributed by atoms with Gasteiger partial charge < -0.3 is 20.6 Å². The summed E-state index contributed by atoms with van der Waals surface area (Å²) in [7, 11) is 0. The zero-order chi connectivity index (χ0) is 25.7. The number of anilines is 1. The van der Waals surface area contributed by atoms with Gasteiger partial charge in [0.2, 0.25) is 5.91 Å². The minimum absolute atomic E-state index is 0. The maximum absolute atomic E-state index is 14.2. The minimum Gasteiger partial charge on any atom is -0.372 e. The van der Waals surface area contributed by atoms with E-state index in [0.717, 1.165) is 36.9 Å². The van der Waals surface area contributed by atoms with Crippen molar-refractivity contribution >= 4 is 41.5 Å². The van der Waals surface area contributed by atoms with Gasteiger partial charge in [-0.25, -0.2) is 0 Å². The first-order valence-corrected chi connectivity index (χ1v) is 11.9. The van der Waals surface area contributed by atoms with Crippen LogP contribution in [-0.2, 0) is 16.6 Å². The van der Waals surface area contributed by atoms with Crippen LogP contribution in [0.15, 0.2) is 36.4 Å². The van der Waals surface area contributed by atoms with E-state index in [-0.39, 0.29) is 41.1 Å². The van der Waals surface area contributed by atoms with Crippen LogP contribution >= 0.6 is 24.0 Å². The molecule has 2 amide bonds. The number of aliphatic hydroxyl groups is 1. The summed E-state index contributed by atoms with van der Waals surface area (Å²) in [5.74, 6) is -1.97. The Morgan fingerprint density at radius 2 is 1.83 bits per heavy atom. The second-order valence-electron chi connectivity index (χ2n) is 9.10. The molecular formula is C25H28Cl2F3N3O3. The van der Waals surface area contributed by atoms with Gasteiger partial charge in [-0.3, -0.25) is 9.59 Å².